The van der Waals surface area contributed by atoms with Crippen molar-refractivity contribution in [1.82, 2.24) is 0 Å². The zero-order valence-corrected chi connectivity index (χ0v) is 52.0. The first-order valence-electron chi connectivity index (χ1n) is 31.5. The summed E-state index contributed by atoms with van der Waals surface area (Å²) in [6.07, 6.45) is 1.69. The van der Waals surface area contributed by atoms with E-state index in [0.29, 0.717) is 0 Å². The number of aryl methyl sites for hydroxylation is 8. The molecule has 1 N–H and O–H groups in total. The van der Waals surface area contributed by atoms with Gasteiger partial charge in [-0.05, 0) is 206 Å². The molecule has 88 heavy (non-hydrogen) atoms. The van der Waals surface area contributed by atoms with Crippen LogP contribution in [0.1, 0.15) is 129 Å². The van der Waals surface area contributed by atoms with E-state index in [9.17, 15) is 0 Å². The van der Waals surface area contributed by atoms with Crippen LogP contribution in [0.2, 0.25) is 0 Å². The minimum atomic E-state index is -0.728. The molecule has 12 aromatic carbocycles. The van der Waals surface area contributed by atoms with Crippen LogP contribution >= 0.6 is 0 Å². The minimum Gasteiger partial charge on any atom is -0.374 e. The van der Waals surface area contributed by atoms with Crippen molar-refractivity contribution in [1.29, 1.82) is 0 Å². The summed E-state index contributed by atoms with van der Waals surface area (Å²) in [6.45, 7) is 17.5. The summed E-state index contributed by atoms with van der Waals surface area (Å²) in [5.74, 6) is 0.293. The second-order valence-electron chi connectivity index (χ2n) is 25.6. The second-order valence-corrected chi connectivity index (χ2v) is 25.6. The highest BCUT2D eigenvalue weighted by molar-refractivity contribution is 5.97. The molecule has 0 radical (unpaired) electrons. The largest absolute Gasteiger partial charge is 0.374 e. The van der Waals surface area contributed by atoms with Crippen molar-refractivity contribution in [2.75, 3.05) is 10.2 Å². The molecule has 0 heterocycles. The molecule has 2 heteroatoms. The number of rotatable bonds is 15. The summed E-state index contributed by atoms with van der Waals surface area (Å²) in [4.78, 5) is 2.46. The van der Waals surface area contributed by atoms with E-state index in [4.69, 9.17) is 0 Å². The summed E-state index contributed by atoms with van der Waals surface area (Å²) < 4.78 is 0. The molecule has 12 aromatic rings. The lowest BCUT2D eigenvalue weighted by molar-refractivity contribution is 0.766. The Morgan fingerprint density at radius 2 is 0.557 bits per heavy atom. The third-order valence-corrected chi connectivity index (χ3v) is 19.2. The average Bonchev–Trinajstić information content (AvgIpc) is 1.51. The van der Waals surface area contributed by atoms with Gasteiger partial charge in [0.05, 0.1) is 11.5 Å². The first kappa shape index (κ1) is 56.1. The van der Waals surface area contributed by atoms with Gasteiger partial charge in [0.2, 0.25) is 0 Å². The van der Waals surface area contributed by atoms with Crippen molar-refractivity contribution >= 4 is 22.7 Å². The van der Waals surface area contributed by atoms with Gasteiger partial charge in [0.25, 0.3) is 0 Å². The Balaban J connectivity index is 1.04. The van der Waals surface area contributed by atoms with Gasteiger partial charge in [0, 0.05) is 34.6 Å². The number of hydrogen-bond donors (Lipinski definition) is 1. The molecule has 2 aliphatic rings. The first-order valence-corrected chi connectivity index (χ1v) is 31.5. The molecule has 14 rings (SSSR count). The van der Waals surface area contributed by atoms with E-state index in [1.165, 1.54) is 134 Å². The lowest BCUT2D eigenvalue weighted by Crippen LogP contribution is -2.27. The van der Waals surface area contributed by atoms with Crippen molar-refractivity contribution < 1.29 is 0 Å². The smallest absolute Gasteiger partial charge is 0.0767 e. The van der Waals surface area contributed by atoms with Crippen LogP contribution in [0.25, 0.3) is 22.3 Å². The van der Waals surface area contributed by atoms with Gasteiger partial charge in [-0.15, -0.1) is 0 Å². The van der Waals surface area contributed by atoms with Crippen molar-refractivity contribution in [3.8, 4) is 22.3 Å². The van der Waals surface area contributed by atoms with E-state index in [2.05, 4.69) is 333 Å². The minimum absolute atomic E-state index is 0.143. The maximum atomic E-state index is 4.09. The number of nitrogens with zero attached hydrogens (tertiary/aromatic N) is 1. The van der Waals surface area contributed by atoms with Crippen LogP contribution in [0.5, 0.6) is 0 Å². The van der Waals surface area contributed by atoms with Crippen LogP contribution in [0, 0.1) is 55.4 Å². The van der Waals surface area contributed by atoms with Gasteiger partial charge in [0.1, 0.15) is 0 Å². The molecule has 0 amide bonds. The fourth-order valence-corrected chi connectivity index (χ4v) is 14.2. The monoisotopic (exact) mass is 1140 g/mol. The fraction of sp³-hybridized carbons (Fsp3) is 0.163. The molecular weight excluding hydrogens is 1060 g/mol. The second kappa shape index (κ2) is 23.2. The molecule has 2 aliphatic carbocycles. The average molecular weight is 1140 g/mol. The van der Waals surface area contributed by atoms with Crippen LogP contribution in [-0.4, -0.2) is 0 Å². The maximum Gasteiger partial charge on any atom is 0.0767 e. The number of nitrogens with one attached hydrogen (secondary N) is 1. The fourth-order valence-electron chi connectivity index (χ4n) is 14.2. The Morgan fingerprint density at radius 1 is 0.273 bits per heavy atom. The van der Waals surface area contributed by atoms with E-state index in [1.807, 2.05) is 0 Å². The highest BCUT2D eigenvalue weighted by atomic mass is 15.1. The number of fused-ring (bicyclic) bond motifs is 10. The Bertz CT molecular complexity index is 4210. The van der Waals surface area contributed by atoms with Crippen molar-refractivity contribution in [3.05, 3.63) is 378 Å². The first-order chi connectivity index (χ1) is 42.8. The molecule has 0 saturated carbocycles. The van der Waals surface area contributed by atoms with Gasteiger partial charge < -0.3 is 10.2 Å². The third kappa shape index (κ3) is 10.6. The Hall–Kier alpha value is -9.76. The molecule has 0 aliphatic heterocycles. The zero-order chi connectivity index (χ0) is 60.2. The van der Waals surface area contributed by atoms with E-state index in [-0.39, 0.29) is 17.9 Å². The summed E-state index contributed by atoms with van der Waals surface area (Å²) >= 11 is 0. The van der Waals surface area contributed by atoms with Crippen LogP contribution in [0.15, 0.2) is 267 Å². The van der Waals surface area contributed by atoms with Gasteiger partial charge >= 0.3 is 0 Å². The van der Waals surface area contributed by atoms with E-state index < -0.39 is 5.41 Å². The quantitative estimate of drug-likeness (QED) is 0.110. The topological polar surface area (TPSA) is 15.3 Å². The van der Waals surface area contributed by atoms with Crippen molar-refractivity contribution in [3.63, 3.8) is 0 Å². The molecule has 0 aromatic heterocycles. The normalized spacial score (nSPS) is 12.9. The highest BCUT2D eigenvalue weighted by Gasteiger charge is 2.52. The van der Waals surface area contributed by atoms with Crippen molar-refractivity contribution in [2.24, 2.45) is 0 Å². The van der Waals surface area contributed by atoms with Gasteiger partial charge in [0.15, 0.2) is 0 Å². The van der Waals surface area contributed by atoms with Crippen LogP contribution in [-0.2, 0) is 18.3 Å². The van der Waals surface area contributed by atoms with Crippen LogP contribution in [0.3, 0.4) is 0 Å². The predicted octanol–water partition coefficient (Wildman–Crippen LogP) is 21.9. The summed E-state index contributed by atoms with van der Waals surface area (Å²) in [7, 11) is 0. The lowest BCUT2D eigenvalue weighted by atomic mass is 9.69. The molecule has 1 atom stereocenters. The maximum absolute atomic E-state index is 4.09. The summed E-state index contributed by atoms with van der Waals surface area (Å²) in [5.41, 5.74) is 34.5. The molecule has 2 nitrogen and oxygen atoms in total. The van der Waals surface area contributed by atoms with E-state index in [1.54, 1.807) is 0 Å². The van der Waals surface area contributed by atoms with E-state index >= 15 is 0 Å². The zero-order valence-electron chi connectivity index (χ0n) is 52.0. The predicted molar refractivity (Wildman–Crippen MR) is 371 cm³/mol. The molecule has 0 saturated heterocycles. The molecule has 1 unspecified atom stereocenters. The van der Waals surface area contributed by atoms with Gasteiger partial charge in [-0.2, -0.15) is 0 Å². The molecule has 430 valence electrons. The van der Waals surface area contributed by atoms with E-state index in [0.717, 1.165) is 35.6 Å². The van der Waals surface area contributed by atoms with Gasteiger partial charge in [-0.3, -0.25) is 0 Å². The number of hydrogen-bond acceptors (Lipinski definition) is 2. The SMILES string of the molecule is Cc1ccc(NC(c2ccc(C)cc2)c2ccc3c(c2)C2(c4cc(CC(c5ccc(C)cc5)c5ccc(C)cc5)ccc4-c4ccc(CC(c5ccc(C)cc5)c5ccc(C)cc5)cc42)c2cc(N(c4ccc(C)cc4)c4ccc(C)cc4)ccc2-3)cc1. The Labute approximate surface area is 521 Å². The third-order valence-electron chi connectivity index (χ3n) is 19.2. The van der Waals surface area contributed by atoms with Gasteiger partial charge in [-0.25, -0.2) is 0 Å². The number of benzene rings is 12. The highest BCUT2D eigenvalue weighted by Crippen LogP contribution is 2.64. The lowest BCUT2D eigenvalue weighted by Gasteiger charge is -2.33. The molecular formula is C86H76N2. The molecule has 0 fully saturated rings. The van der Waals surface area contributed by atoms with Gasteiger partial charge in [-0.1, -0.05) is 263 Å². The van der Waals surface area contributed by atoms with Crippen LogP contribution < -0.4 is 10.2 Å². The molecule has 1 spiro atoms. The van der Waals surface area contributed by atoms with Crippen molar-refractivity contribution in [2.45, 2.75) is 91.5 Å². The summed E-state index contributed by atoms with van der Waals surface area (Å²) in [6, 6.07) is 103. The summed E-state index contributed by atoms with van der Waals surface area (Å²) in [5, 5.41) is 4.09. The van der Waals surface area contributed by atoms with Crippen LogP contribution in [0.4, 0.5) is 22.7 Å². The molecule has 0 bridgehead atoms. The number of anilines is 4. The Morgan fingerprint density at radius 3 is 0.943 bits per heavy atom. The Kier molecular flexibility index (Phi) is 14.8. The standard InChI is InChI=1S/C86H76N2/c1-55-9-27-65(28-10-55)79(66-29-11-56(2)12-30-66)49-63-25-45-75-76-46-26-64(50-80(67-31-13-57(3)14-32-67)68-33-15-58(4)16-34-68)52-82(76)86(81(75)51-63)83-53-70(85(69-35-17-59(5)18-36-69)87-71-38-19-60(6)20-39-71)37-47-77(83)78-48-44-74(54-84(78)86)88(72-40-21-61(7)22-41-72)73-42-23-62(8)24-43-73/h9-48,51-54,79-80,85,87H,49-50H2,1-8H3.